The standard InChI is InChI=1S/C36H32F7N7O2/c1-17-15-36(42,43)32-27(17)30(33(40)41)47-50(32)16-26(51)46-25(13-18-11-19(37)14-20(38)12-18)29-22(6-5-21(45-29)9-10-35(2,3)52)23-7-8-24(39)28-31(23)49(4)48-34(28)44/h5-8,11-12,14,17,25,33,52H,13,15-16H2,1-4H3,(H2,44,48)(H,46,51)/t17-,25-/m0/s1. The number of nitrogens with one attached hydrogen (secondary N) is 1. The molecule has 52 heavy (non-hydrogen) atoms. The zero-order valence-electron chi connectivity index (χ0n) is 28.2. The van der Waals surface area contributed by atoms with Crippen LogP contribution >= 0.6 is 0 Å². The summed E-state index contributed by atoms with van der Waals surface area (Å²) >= 11 is 0. The van der Waals surface area contributed by atoms with E-state index in [2.05, 4.69) is 32.3 Å². The van der Waals surface area contributed by atoms with Gasteiger partial charge >= 0.3 is 0 Å². The lowest BCUT2D eigenvalue weighted by Gasteiger charge is -2.23. The molecule has 1 aliphatic carbocycles. The summed E-state index contributed by atoms with van der Waals surface area (Å²) in [6, 6.07) is 7.02. The monoisotopic (exact) mass is 727 g/mol. The largest absolute Gasteiger partial charge is 0.382 e. The van der Waals surface area contributed by atoms with Gasteiger partial charge < -0.3 is 16.2 Å². The Morgan fingerprint density at radius 3 is 2.40 bits per heavy atom. The lowest BCUT2D eigenvalue weighted by Crippen LogP contribution is -2.35. The van der Waals surface area contributed by atoms with Gasteiger partial charge in [0, 0.05) is 36.2 Å². The number of hydrogen-bond donors (Lipinski definition) is 3. The van der Waals surface area contributed by atoms with Gasteiger partial charge in [-0.3, -0.25) is 14.2 Å². The first kappa shape index (κ1) is 36.4. The van der Waals surface area contributed by atoms with Crippen LogP contribution in [0.5, 0.6) is 0 Å². The van der Waals surface area contributed by atoms with Gasteiger partial charge in [0.15, 0.2) is 5.82 Å². The Hall–Kier alpha value is -5.43. The van der Waals surface area contributed by atoms with Gasteiger partial charge in [0.2, 0.25) is 5.91 Å². The number of nitrogen functional groups attached to an aromatic ring is 1. The molecule has 272 valence electrons. The minimum atomic E-state index is -3.55. The molecule has 0 unspecified atom stereocenters. The molecular formula is C36H32F7N7O2. The average Bonchev–Trinajstić information content (AvgIpc) is 3.64. The van der Waals surface area contributed by atoms with Gasteiger partial charge in [0.05, 0.1) is 22.6 Å². The Kier molecular flexibility index (Phi) is 9.29. The Balaban J connectivity index is 1.52. The third kappa shape index (κ3) is 7.05. The first-order valence-corrected chi connectivity index (χ1v) is 16.0. The number of nitrogens with two attached hydrogens (primary N) is 1. The van der Waals surface area contributed by atoms with Crippen molar-refractivity contribution in [2.24, 2.45) is 7.05 Å². The van der Waals surface area contributed by atoms with Crippen LogP contribution in [0.25, 0.3) is 22.0 Å². The third-order valence-corrected chi connectivity index (χ3v) is 8.62. The van der Waals surface area contributed by atoms with Crippen molar-refractivity contribution in [2.75, 3.05) is 5.73 Å². The Bertz CT molecular complexity index is 2260. The molecule has 4 N–H and O–H groups in total. The average molecular weight is 728 g/mol. The van der Waals surface area contributed by atoms with E-state index in [1.165, 1.54) is 44.6 Å². The maximum Gasteiger partial charge on any atom is 0.290 e. The van der Waals surface area contributed by atoms with E-state index in [0.717, 1.165) is 18.2 Å². The molecule has 1 amide bonds. The zero-order valence-corrected chi connectivity index (χ0v) is 28.2. The van der Waals surface area contributed by atoms with Crippen molar-refractivity contribution in [1.29, 1.82) is 0 Å². The van der Waals surface area contributed by atoms with E-state index in [9.17, 15) is 27.5 Å². The van der Waals surface area contributed by atoms with Crippen molar-refractivity contribution in [1.82, 2.24) is 29.9 Å². The van der Waals surface area contributed by atoms with Crippen LogP contribution in [0.4, 0.5) is 36.6 Å². The normalized spacial score (nSPS) is 15.8. The fraction of sp³-hybridized carbons (Fsp3) is 0.333. The van der Waals surface area contributed by atoms with E-state index < -0.39 is 77.6 Å². The van der Waals surface area contributed by atoms with Crippen LogP contribution in [0, 0.1) is 29.3 Å². The van der Waals surface area contributed by atoms with Gasteiger partial charge in [-0.1, -0.05) is 12.8 Å². The molecule has 0 saturated carbocycles. The molecule has 2 atom stereocenters. The number of aliphatic hydroxyl groups is 1. The first-order valence-electron chi connectivity index (χ1n) is 16.0. The summed E-state index contributed by atoms with van der Waals surface area (Å²) in [5.74, 6) is -2.73. The number of fused-ring (bicyclic) bond motifs is 2. The van der Waals surface area contributed by atoms with E-state index in [0.29, 0.717) is 16.3 Å². The maximum absolute atomic E-state index is 15.1. The topological polar surface area (TPSA) is 124 Å². The number of alkyl halides is 4. The summed E-state index contributed by atoms with van der Waals surface area (Å²) in [7, 11) is 1.53. The summed E-state index contributed by atoms with van der Waals surface area (Å²) in [4.78, 5) is 18.4. The van der Waals surface area contributed by atoms with Gasteiger partial charge in [0.1, 0.15) is 46.7 Å². The molecule has 3 heterocycles. The van der Waals surface area contributed by atoms with Crippen molar-refractivity contribution in [3.8, 4) is 23.0 Å². The SMILES string of the molecule is C[C@H]1CC(F)(F)c2c1c(C(F)F)nn2CC(=O)N[C@@H](Cc1cc(F)cc(F)c1)c1nc(C#CC(C)(C)O)ccc1-c1ccc(F)c2c(N)nn(C)c12. The predicted molar refractivity (Wildman–Crippen MR) is 177 cm³/mol. The molecule has 9 nitrogen and oxygen atoms in total. The molecule has 0 aliphatic heterocycles. The minimum Gasteiger partial charge on any atom is -0.382 e. The number of carbonyl (C=O) groups is 1. The number of anilines is 1. The molecule has 1 aliphatic rings. The predicted octanol–water partition coefficient (Wildman–Crippen LogP) is 6.59. The highest BCUT2D eigenvalue weighted by Crippen LogP contribution is 2.51. The van der Waals surface area contributed by atoms with Crippen molar-refractivity contribution in [3.05, 3.63) is 93.8 Å². The van der Waals surface area contributed by atoms with Crippen LogP contribution in [-0.2, 0) is 30.7 Å². The quantitative estimate of drug-likeness (QED) is 0.123. The summed E-state index contributed by atoms with van der Waals surface area (Å²) < 4.78 is 104. The number of halogens is 7. The van der Waals surface area contributed by atoms with E-state index in [1.807, 2.05) is 0 Å². The van der Waals surface area contributed by atoms with Crippen LogP contribution in [0.3, 0.4) is 0 Å². The number of aryl methyl sites for hydroxylation is 1. The molecule has 5 aromatic rings. The van der Waals surface area contributed by atoms with Crippen molar-refractivity contribution in [3.63, 3.8) is 0 Å². The van der Waals surface area contributed by atoms with Gasteiger partial charge in [-0.05, 0) is 74.1 Å². The molecule has 0 radical (unpaired) electrons. The van der Waals surface area contributed by atoms with Gasteiger partial charge in [0.25, 0.3) is 12.3 Å². The van der Waals surface area contributed by atoms with Crippen molar-refractivity contribution in [2.45, 2.75) is 70.1 Å². The zero-order chi connectivity index (χ0) is 37.9. The van der Waals surface area contributed by atoms with E-state index >= 15 is 13.2 Å². The Morgan fingerprint density at radius 1 is 1.08 bits per heavy atom. The number of benzene rings is 2. The van der Waals surface area contributed by atoms with E-state index in [1.54, 1.807) is 6.07 Å². The maximum atomic E-state index is 15.1. The van der Waals surface area contributed by atoms with Gasteiger partial charge in [-0.15, -0.1) is 0 Å². The number of aromatic nitrogens is 5. The van der Waals surface area contributed by atoms with Crippen molar-refractivity contribution >= 4 is 22.6 Å². The fourth-order valence-corrected chi connectivity index (χ4v) is 6.66. The number of rotatable bonds is 8. The summed E-state index contributed by atoms with van der Waals surface area (Å²) in [5.41, 5.74) is 3.63. The number of hydrogen-bond acceptors (Lipinski definition) is 6. The molecule has 0 bridgehead atoms. The molecule has 3 aromatic heterocycles. The number of pyridine rings is 1. The highest BCUT2D eigenvalue weighted by atomic mass is 19.3. The minimum absolute atomic E-state index is 0.0119. The first-order chi connectivity index (χ1) is 24.3. The Morgan fingerprint density at radius 2 is 1.75 bits per heavy atom. The second-order valence-corrected chi connectivity index (χ2v) is 13.3. The second-order valence-electron chi connectivity index (χ2n) is 13.3. The molecule has 6 rings (SSSR count). The summed E-state index contributed by atoms with van der Waals surface area (Å²) in [6.07, 6.45) is -4.25. The summed E-state index contributed by atoms with van der Waals surface area (Å²) in [5, 5.41) is 20.7. The second kappa shape index (κ2) is 13.3. The van der Waals surface area contributed by atoms with Gasteiger partial charge in [-0.25, -0.2) is 26.9 Å². The Labute approximate surface area is 292 Å². The van der Waals surface area contributed by atoms with E-state index in [-0.39, 0.29) is 51.2 Å². The summed E-state index contributed by atoms with van der Waals surface area (Å²) in [6.45, 7) is 3.33. The van der Waals surface area contributed by atoms with Crippen molar-refractivity contribution < 1.29 is 40.6 Å². The lowest BCUT2D eigenvalue weighted by atomic mass is 9.93. The molecule has 0 spiro atoms. The smallest absolute Gasteiger partial charge is 0.290 e. The number of carbonyl (C=O) groups excluding carboxylic acids is 1. The van der Waals surface area contributed by atoms with Crippen LogP contribution in [0.2, 0.25) is 0 Å². The molecule has 0 saturated heterocycles. The third-order valence-electron chi connectivity index (χ3n) is 8.62. The molecule has 16 heteroatoms. The highest BCUT2D eigenvalue weighted by molar-refractivity contribution is 6.00. The van der Waals surface area contributed by atoms with Crippen LogP contribution < -0.4 is 11.1 Å². The van der Waals surface area contributed by atoms with Crippen LogP contribution in [0.15, 0.2) is 42.5 Å². The lowest BCUT2D eigenvalue weighted by molar-refractivity contribution is -0.122. The molecule has 0 fully saturated rings. The molecule has 2 aromatic carbocycles. The highest BCUT2D eigenvalue weighted by Gasteiger charge is 2.50. The van der Waals surface area contributed by atoms with Crippen LogP contribution in [-0.4, -0.2) is 41.2 Å². The van der Waals surface area contributed by atoms with Gasteiger partial charge in [-0.2, -0.15) is 19.0 Å². The number of amides is 1. The fourth-order valence-electron chi connectivity index (χ4n) is 6.66. The van der Waals surface area contributed by atoms with E-state index in [4.69, 9.17) is 5.73 Å². The number of nitrogens with zero attached hydrogens (tertiary/aromatic N) is 5. The van der Waals surface area contributed by atoms with Crippen LogP contribution in [0.1, 0.15) is 79.5 Å². The molecular weight excluding hydrogens is 695 g/mol.